The topological polar surface area (TPSA) is 109 Å². The molecule has 0 fully saturated rings. The van der Waals surface area contributed by atoms with Crippen molar-refractivity contribution in [1.29, 1.82) is 0 Å². The Morgan fingerprint density at radius 2 is 1.56 bits per heavy atom. The van der Waals surface area contributed by atoms with Crippen LogP contribution >= 0.6 is 0 Å². The number of rotatable bonds is 3. The van der Waals surface area contributed by atoms with Crippen LogP contribution in [-0.4, -0.2) is 53.2 Å². The Labute approximate surface area is 89.9 Å². The zero-order valence-corrected chi connectivity index (χ0v) is 8.93. The summed E-state index contributed by atoms with van der Waals surface area (Å²) in [5.41, 5.74) is 0.363. The van der Waals surface area contributed by atoms with Crippen molar-refractivity contribution in [2.45, 2.75) is 0 Å². The SMILES string of the molecule is CON=C(c1nnnn1C)c1nnnn1C. The first kappa shape index (κ1) is 10.1. The standard InChI is InChI=1S/C6H9N9O/c1-14-5(7-10-12-14)4(9-16-3)6-8-11-13-15(6)2/h1-3H3. The van der Waals surface area contributed by atoms with Gasteiger partial charge in [-0.05, 0) is 20.9 Å². The van der Waals surface area contributed by atoms with Crippen LogP contribution in [0, 0.1) is 0 Å². The van der Waals surface area contributed by atoms with E-state index in [4.69, 9.17) is 4.84 Å². The van der Waals surface area contributed by atoms with Crippen molar-refractivity contribution in [3.05, 3.63) is 11.6 Å². The first-order valence-corrected chi connectivity index (χ1v) is 4.30. The van der Waals surface area contributed by atoms with Gasteiger partial charge in [-0.15, -0.1) is 10.2 Å². The highest BCUT2D eigenvalue weighted by Gasteiger charge is 2.20. The maximum Gasteiger partial charge on any atom is 0.207 e. The van der Waals surface area contributed by atoms with E-state index in [2.05, 4.69) is 36.2 Å². The molecule has 2 aromatic rings. The minimum absolute atomic E-state index is 0.363. The quantitative estimate of drug-likeness (QED) is 0.443. The molecule has 0 atom stereocenters. The molecule has 0 aliphatic rings. The number of oxime groups is 1. The lowest BCUT2D eigenvalue weighted by molar-refractivity contribution is 0.213. The molecule has 0 spiro atoms. The fourth-order valence-electron chi connectivity index (χ4n) is 1.13. The average molecular weight is 223 g/mol. The molecule has 2 aromatic heterocycles. The lowest BCUT2D eigenvalue weighted by atomic mass is 10.3. The number of nitrogens with zero attached hydrogens (tertiary/aromatic N) is 9. The number of tetrazole rings is 2. The number of hydrogen-bond donors (Lipinski definition) is 0. The van der Waals surface area contributed by atoms with Gasteiger partial charge >= 0.3 is 0 Å². The molecule has 0 aliphatic carbocycles. The molecule has 0 amide bonds. The van der Waals surface area contributed by atoms with Crippen LogP contribution in [0.1, 0.15) is 11.6 Å². The normalized spacial score (nSPS) is 10.2. The summed E-state index contributed by atoms with van der Waals surface area (Å²) in [5.74, 6) is 0.833. The minimum atomic E-state index is 0.363. The number of aromatic nitrogens is 8. The van der Waals surface area contributed by atoms with Crippen LogP contribution in [0.2, 0.25) is 0 Å². The molecule has 0 aliphatic heterocycles. The maximum absolute atomic E-state index is 4.73. The van der Waals surface area contributed by atoms with Crippen molar-refractivity contribution in [2.75, 3.05) is 7.11 Å². The van der Waals surface area contributed by atoms with Crippen molar-refractivity contribution in [3.63, 3.8) is 0 Å². The maximum atomic E-state index is 4.73. The monoisotopic (exact) mass is 223 g/mol. The molecule has 0 unspecified atom stereocenters. The molecule has 2 rings (SSSR count). The summed E-state index contributed by atoms with van der Waals surface area (Å²) in [5, 5.41) is 25.9. The molecule has 10 heteroatoms. The third-order valence-electron chi connectivity index (χ3n) is 1.85. The molecular formula is C6H9N9O. The van der Waals surface area contributed by atoms with Gasteiger partial charge in [-0.1, -0.05) is 5.16 Å². The lowest BCUT2D eigenvalue weighted by Crippen LogP contribution is -2.16. The Hall–Kier alpha value is -2.39. The smallest absolute Gasteiger partial charge is 0.207 e. The van der Waals surface area contributed by atoms with Crippen molar-refractivity contribution >= 4 is 5.71 Å². The van der Waals surface area contributed by atoms with E-state index in [1.165, 1.54) is 16.5 Å². The van der Waals surface area contributed by atoms with E-state index in [0.29, 0.717) is 17.4 Å². The van der Waals surface area contributed by atoms with Gasteiger partial charge < -0.3 is 4.84 Å². The fourth-order valence-corrected chi connectivity index (χ4v) is 1.13. The molecule has 0 saturated carbocycles. The molecule has 16 heavy (non-hydrogen) atoms. The average Bonchev–Trinajstić information content (AvgIpc) is 2.84. The van der Waals surface area contributed by atoms with Crippen molar-refractivity contribution < 1.29 is 4.84 Å². The van der Waals surface area contributed by atoms with Crippen LogP contribution in [0.3, 0.4) is 0 Å². The van der Waals surface area contributed by atoms with Gasteiger partial charge in [-0.3, -0.25) is 0 Å². The highest BCUT2D eigenvalue weighted by atomic mass is 16.6. The van der Waals surface area contributed by atoms with Gasteiger partial charge in [0.15, 0.2) is 5.71 Å². The van der Waals surface area contributed by atoms with E-state index >= 15 is 0 Å². The van der Waals surface area contributed by atoms with Crippen molar-refractivity contribution in [1.82, 2.24) is 40.4 Å². The second-order valence-electron chi connectivity index (χ2n) is 2.87. The second kappa shape index (κ2) is 4.00. The summed E-state index contributed by atoms with van der Waals surface area (Å²) in [6.07, 6.45) is 0. The van der Waals surface area contributed by atoms with Gasteiger partial charge in [0.2, 0.25) is 11.6 Å². The third-order valence-corrected chi connectivity index (χ3v) is 1.85. The lowest BCUT2D eigenvalue weighted by Gasteiger charge is -2.01. The minimum Gasteiger partial charge on any atom is -0.398 e. The van der Waals surface area contributed by atoms with Gasteiger partial charge in [0, 0.05) is 14.1 Å². The molecule has 0 N–H and O–H groups in total. The molecular weight excluding hydrogens is 214 g/mol. The second-order valence-corrected chi connectivity index (χ2v) is 2.87. The van der Waals surface area contributed by atoms with E-state index in [-0.39, 0.29) is 0 Å². The van der Waals surface area contributed by atoms with E-state index < -0.39 is 0 Å². The van der Waals surface area contributed by atoms with Crippen molar-refractivity contribution in [3.8, 4) is 0 Å². The largest absolute Gasteiger partial charge is 0.398 e. The Bertz CT molecular complexity index is 469. The third kappa shape index (κ3) is 1.60. The van der Waals surface area contributed by atoms with Gasteiger partial charge in [0.05, 0.1) is 0 Å². The van der Waals surface area contributed by atoms with Gasteiger partial charge in [0.1, 0.15) is 7.11 Å². The van der Waals surface area contributed by atoms with E-state index in [9.17, 15) is 0 Å². The Kier molecular flexibility index (Phi) is 2.54. The summed E-state index contributed by atoms with van der Waals surface area (Å²) in [7, 11) is 4.79. The first-order valence-electron chi connectivity index (χ1n) is 4.30. The predicted octanol–water partition coefficient (Wildman–Crippen LogP) is -1.87. The molecule has 2 heterocycles. The molecule has 10 nitrogen and oxygen atoms in total. The van der Waals surface area contributed by atoms with Crippen LogP contribution in [0.25, 0.3) is 0 Å². The van der Waals surface area contributed by atoms with Gasteiger partial charge in [0.25, 0.3) is 0 Å². The predicted molar refractivity (Wildman–Crippen MR) is 50.2 cm³/mol. The van der Waals surface area contributed by atoms with Crippen molar-refractivity contribution in [2.24, 2.45) is 19.3 Å². The first-order chi connectivity index (χ1) is 7.74. The summed E-state index contributed by atoms with van der Waals surface area (Å²) in [6.45, 7) is 0. The number of aryl methyl sites for hydroxylation is 2. The van der Waals surface area contributed by atoms with E-state index in [0.717, 1.165) is 0 Å². The summed E-state index contributed by atoms with van der Waals surface area (Å²) in [6, 6.07) is 0. The summed E-state index contributed by atoms with van der Waals surface area (Å²) >= 11 is 0. The molecule has 84 valence electrons. The Morgan fingerprint density at radius 1 is 1.06 bits per heavy atom. The molecule has 0 aromatic carbocycles. The van der Waals surface area contributed by atoms with Crippen LogP contribution in [0.15, 0.2) is 5.16 Å². The van der Waals surface area contributed by atoms with Crippen LogP contribution in [0.5, 0.6) is 0 Å². The molecule has 0 radical (unpaired) electrons. The summed E-state index contributed by atoms with van der Waals surface area (Å²) < 4.78 is 2.90. The van der Waals surface area contributed by atoms with E-state index in [1.807, 2.05) is 0 Å². The zero-order chi connectivity index (χ0) is 11.5. The van der Waals surface area contributed by atoms with Gasteiger partial charge in [-0.2, -0.15) is 0 Å². The fraction of sp³-hybridized carbons (Fsp3) is 0.500. The Morgan fingerprint density at radius 3 is 1.88 bits per heavy atom. The Balaban J connectivity index is 2.52. The molecule has 0 bridgehead atoms. The van der Waals surface area contributed by atoms with Crippen LogP contribution < -0.4 is 0 Å². The highest BCUT2D eigenvalue weighted by molar-refractivity contribution is 6.07. The van der Waals surface area contributed by atoms with Gasteiger partial charge in [-0.25, -0.2) is 9.36 Å². The van der Waals surface area contributed by atoms with Crippen LogP contribution in [-0.2, 0) is 18.9 Å². The van der Waals surface area contributed by atoms with E-state index in [1.54, 1.807) is 14.1 Å². The zero-order valence-electron chi connectivity index (χ0n) is 8.93. The summed E-state index contributed by atoms with van der Waals surface area (Å²) in [4.78, 5) is 4.73. The highest BCUT2D eigenvalue weighted by Crippen LogP contribution is 2.02. The molecule has 0 saturated heterocycles. The van der Waals surface area contributed by atoms with Crippen LogP contribution in [0.4, 0.5) is 0 Å². The number of hydrogen-bond acceptors (Lipinski definition) is 8.